The van der Waals surface area contributed by atoms with Crippen LogP contribution in [0.25, 0.3) is 0 Å². The number of carbonyl (C=O) groups is 3. The lowest BCUT2D eigenvalue weighted by molar-refractivity contribution is -0.135. The second kappa shape index (κ2) is 6.29. The molecule has 128 valence electrons. The summed E-state index contributed by atoms with van der Waals surface area (Å²) in [6, 6.07) is 4.10. The standard InChI is InChI=1S/C16H17ClN2O4S/c1-16-6-5-13(20)19(16)12(8-24-16)14(21)18-9-3-4-11(17)10(7-9)15(22)23-2/h3-4,7,12H,5-6,8H2,1-2H3,(H,18,21). The Balaban J connectivity index is 1.78. The maximum absolute atomic E-state index is 12.6. The van der Waals surface area contributed by atoms with E-state index in [0.29, 0.717) is 17.9 Å². The van der Waals surface area contributed by atoms with Gasteiger partial charge in [-0.2, -0.15) is 0 Å². The summed E-state index contributed by atoms with van der Waals surface area (Å²) in [6.07, 6.45) is 1.23. The van der Waals surface area contributed by atoms with Crippen molar-refractivity contribution in [3.8, 4) is 0 Å². The predicted molar refractivity (Wildman–Crippen MR) is 92.2 cm³/mol. The second-order valence-electron chi connectivity index (χ2n) is 5.94. The molecule has 2 aliphatic rings. The van der Waals surface area contributed by atoms with Gasteiger partial charge in [-0.05, 0) is 31.5 Å². The molecule has 0 radical (unpaired) electrons. The molecule has 2 unspecified atom stereocenters. The fraction of sp³-hybridized carbons (Fsp3) is 0.438. The molecule has 0 aromatic heterocycles. The number of nitrogens with zero attached hydrogens (tertiary/aromatic N) is 1. The van der Waals surface area contributed by atoms with Crippen molar-refractivity contribution in [2.24, 2.45) is 0 Å². The molecular weight excluding hydrogens is 352 g/mol. The number of rotatable bonds is 3. The molecule has 0 spiro atoms. The van der Waals surface area contributed by atoms with E-state index in [1.807, 2.05) is 6.92 Å². The molecule has 0 aliphatic carbocycles. The Hall–Kier alpha value is -1.73. The summed E-state index contributed by atoms with van der Waals surface area (Å²) < 4.78 is 4.67. The lowest BCUT2D eigenvalue weighted by Gasteiger charge is -2.29. The largest absolute Gasteiger partial charge is 0.465 e. The van der Waals surface area contributed by atoms with Crippen molar-refractivity contribution in [1.29, 1.82) is 0 Å². The minimum absolute atomic E-state index is 0.00834. The zero-order valence-corrected chi connectivity index (χ0v) is 14.9. The fourth-order valence-corrected chi connectivity index (χ4v) is 4.74. The molecule has 3 rings (SSSR count). The molecule has 1 aromatic rings. The van der Waals surface area contributed by atoms with Crippen molar-refractivity contribution in [3.63, 3.8) is 0 Å². The minimum atomic E-state index is -0.574. The van der Waals surface area contributed by atoms with E-state index in [0.717, 1.165) is 6.42 Å². The van der Waals surface area contributed by atoms with E-state index in [9.17, 15) is 14.4 Å². The molecule has 0 bridgehead atoms. The van der Waals surface area contributed by atoms with Crippen LogP contribution in [-0.2, 0) is 14.3 Å². The van der Waals surface area contributed by atoms with Gasteiger partial charge >= 0.3 is 5.97 Å². The third kappa shape index (κ3) is 2.86. The molecule has 0 saturated carbocycles. The van der Waals surface area contributed by atoms with E-state index < -0.39 is 12.0 Å². The van der Waals surface area contributed by atoms with Crippen LogP contribution < -0.4 is 5.32 Å². The highest BCUT2D eigenvalue weighted by molar-refractivity contribution is 8.01. The van der Waals surface area contributed by atoms with Gasteiger partial charge in [0, 0.05) is 17.9 Å². The molecule has 24 heavy (non-hydrogen) atoms. The number of thioether (sulfide) groups is 1. The maximum Gasteiger partial charge on any atom is 0.339 e. The van der Waals surface area contributed by atoms with E-state index >= 15 is 0 Å². The third-order valence-electron chi connectivity index (χ3n) is 4.39. The number of esters is 1. The molecule has 2 atom stereocenters. The first-order valence-electron chi connectivity index (χ1n) is 7.50. The highest BCUT2D eigenvalue weighted by Crippen LogP contribution is 2.47. The number of anilines is 1. The first-order valence-corrected chi connectivity index (χ1v) is 8.87. The third-order valence-corrected chi connectivity index (χ3v) is 6.22. The zero-order chi connectivity index (χ0) is 17.5. The Morgan fingerprint density at radius 1 is 1.46 bits per heavy atom. The summed E-state index contributed by atoms with van der Waals surface area (Å²) >= 11 is 7.60. The number of ether oxygens (including phenoxy) is 1. The molecule has 2 heterocycles. The van der Waals surface area contributed by atoms with Crippen LogP contribution in [0.15, 0.2) is 18.2 Å². The molecule has 1 N–H and O–H groups in total. The Morgan fingerprint density at radius 2 is 2.21 bits per heavy atom. The Labute approximate surface area is 148 Å². The Bertz CT molecular complexity index is 726. The van der Waals surface area contributed by atoms with Gasteiger partial charge in [-0.15, -0.1) is 11.8 Å². The van der Waals surface area contributed by atoms with E-state index in [-0.39, 0.29) is 27.3 Å². The van der Waals surface area contributed by atoms with Crippen LogP contribution in [-0.4, -0.2) is 46.5 Å². The number of amides is 2. The summed E-state index contributed by atoms with van der Waals surface area (Å²) in [5.41, 5.74) is 0.620. The van der Waals surface area contributed by atoms with Gasteiger partial charge in [0.05, 0.1) is 22.6 Å². The van der Waals surface area contributed by atoms with Crippen molar-refractivity contribution in [3.05, 3.63) is 28.8 Å². The Kier molecular flexibility index (Phi) is 4.48. The minimum Gasteiger partial charge on any atom is -0.465 e. The number of hydrogen-bond donors (Lipinski definition) is 1. The number of carbonyl (C=O) groups excluding carboxylic acids is 3. The molecule has 1 aromatic carbocycles. The number of halogens is 1. The average molecular weight is 369 g/mol. The summed E-state index contributed by atoms with van der Waals surface area (Å²) in [6.45, 7) is 1.99. The number of nitrogens with one attached hydrogen (secondary N) is 1. The Morgan fingerprint density at radius 3 is 2.92 bits per heavy atom. The van der Waals surface area contributed by atoms with Gasteiger partial charge in [0.25, 0.3) is 0 Å². The summed E-state index contributed by atoms with van der Waals surface area (Å²) in [5, 5.41) is 3.02. The molecule has 8 heteroatoms. The molecule has 2 fully saturated rings. The molecule has 6 nitrogen and oxygen atoms in total. The van der Waals surface area contributed by atoms with Gasteiger partial charge in [-0.1, -0.05) is 11.6 Å². The number of benzene rings is 1. The fourth-order valence-electron chi connectivity index (χ4n) is 3.11. The lowest BCUT2D eigenvalue weighted by atomic mass is 10.1. The molecule has 2 aliphatic heterocycles. The van der Waals surface area contributed by atoms with E-state index in [1.54, 1.807) is 22.7 Å². The second-order valence-corrected chi connectivity index (χ2v) is 7.85. The smallest absolute Gasteiger partial charge is 0.339 e. The highest BCUT2D eigenvalue weighted by Gasteiger charge is 2.52. The van der Waals surface area contributed by atoms with Crippen LogP contribution in [0.5, 0.6) is 0 Å². The summed E-state index contributed by atoms with van der Waals surface area (Å²) in [7, 11) is 1.26. The zero-order valence-electron chi connectivity index (χ0n) is 13.3. The predicted octanol–water partition coefficient (Wildman–Crippen LogP) is 2.52. The maximum atomic E-state index is 12.6. The molecule has 2 amide bonds. The van der Waals surface area contributed by atoms with E-state index in [4.69, 9.17) is 11.6 Å². The van der Waals surface area contributed by atoms with Crippen LogP contribution in [0.1, 0.15) is 30.1 Å². The SMILES string of the molecule is COC(=O)c1cc(NC(=O)C2CSC3(C)CCC(=O)N23)ccc1Cl. The lowest BCUT2D eigenvalue weighted by Crippen LogP contribution is -2.48. The van der Waals surface area contributed by atoms with Crippen LogP contribution in [0.2, 0.25) is 5.02 Å². The van der Waals surface area contributed by atoms with Crippen molar-refractivity contribution >= 4 is 46.8 Å². The van der Waals surface area contributed by atoms with Crippen molar-refractivity contribution in [2.45, 2.75) is 30.7 Å². The van der Waals surface area contributed by atoms with Crippen LogP contribution in [0.4, 0.5) is 5.69 Å². The van der Waals surface area contributed by atoms with Gasteiger partial charge in [-0.3, -0.25) is 9.59 Å². The number of fused-ring (bicyclic) bond motifs is 1. The average Bonchev–Trinajstić information content (AvgIpc) is 3.05. The number of hydrogen-bond acceptors (Lipinski definition) is 5. The van der Waals surface area contributed by atoms with Gasteiger partial charge in [0.2, 0.25) is 11.8 Å². The number of methoxy groups -OCH3 is 1. The molecule has 2 saturated heterocycles. The quantitative estimate of drug-likeness (QED) is 0.830. The van der Waals surface area contributed by atoms with Crippen LogP contribution in [0.3, 0.4) is 0 Å². The van der Waals surface area contributed by atoms with Gasteiger partial charge < -0.3 is 15.0 Å². The van der Waals surface area contributed by atoms with Gasteiger partial charge in [-0.25, -0.2) is 4.79 Å². The highest BCUT2D eigenvalue weighted by atomic mass is 35.5. The van der Waals surface area contributed by atoms with Crippen molar-refractivity contribution in [1.82, 2.24) is 4.90 Å². The topological polar surface area (TPSA) is 75.7 Å². The normalized spacial score (nSPS) is 25.5. The molecular formula is C16H17ClN2O4S. The first-order chi connectivity index (χ1) is 11.4. The van der Waals surface area contributed by atoms with Crippen LogP contribution in [0, 0.1) is 0 Å². The van der Waals surface area contributed by atoms with E-state index in [1.165, 1.54) is 19.2 Å². The first kappa shape index (κ1) is 17.1. The van der Waals surface area contributed by atoms with E-state index in [2.05, 4.69) is 10.1 Å². The summed E-state index contributed by atoms with van der Waals surface area (Å²) in [4.78, 5) is 37.8. The van der Waals surface area contributed by atoms with Gasteiger partial charge in [0.1, 0.15) is 6.04 Å². The van der Waals surface area contributed by atoms with Crippen molar-refractivity contribution in [2.75, 3.05) is 18.2 Å². The van der Waals surface area contributed by atoms with Crippen molar-refractivity contribution < 1.29 is 19.1 Å². The summed E-state index contributed by atoms with van der Waals surface area (Å²) in [5.74, 6) is -0.269. The monoisotopic (exact) mass is 368 g/mol. The van der Waals surface area contributed by atoms with Gasteiger partial charge in [0.15, 0.2) is 0 Å². The van der Waals surface area contributed by atoms with Crippen LogP contribution >= 0.6 is 23.4 Å².